The molecule has 3 heterocycles. The number of fused-ring (bicyclic) bond motifs is 1. The van der Waals surface area contributed by atoms with E-state index in [0.717, 1.165) is 5.56 Å². The molecule has 0 atom stereocenters. The molecule has 1 amide bonds. The number of hydrogen-bond acceptors (Lipinski definition) is 7. The van der Waals surface area contributed by atoms with Gasteiger partial charge in [0, 0.05) is 13.2 Å². The van der Waals surface area contributed by atoms with Crippen molar-refractivity contribution in [1.82, 2.24) is 24.3 Å². The molecule has 0 aliphatic carbocycles. The molecule has 0 saturated heterocycles. The van der Waals surface area contributed by atoms with Crippen LogP contribution in [0.2, 0.25) is 5.02 Å². The van der Waals surface area contributed by atoms with E-state index in [0.29, 0.717) is 28.4 Å². The summed E-state index contributed by atoms with van der Waals surface area (Å²) in [6.45, 7) is 4.09. The number of aryl methyl sites for hydroxylation is 2. The molecule has 0 saturated carbocycles. The largest absolute Gasteiger partial charge is 0.461 e. The number of nitrogens with one attached hydrogen (secondary N) is 1. The highest BCUT2D eigenvalue weighted by atomic mass is 35.5. The number of esters is 1. The number of imidazole rings is 1. The van der Waals surface area contributed by atoms with Gasteiger partial charge in [0.1, 0.15) is 0 Å². The van der Waals surface area contributed by atoms with Crippen molar-refractivity contribution in [1.29, 1.82) is 0 Å². The summed E-state index contributed by atoms with van der Waals surface area (Å²) in [5, 5.41) is 8.45. The van der Waals surface area contributed by atoms with Crippen LogP contribution in [0.1, 0.15) is 39.0 Å². The summed E-state index contributed by atoms with van der Waals surface area (Å²) in [7, 11) is 1.76. The fourth-order valence-electron chi connectivity index (χ4n) is 3.70. The van der Waals surface area contributed by atoms with Crippen molar-refractivity contribution >= 4 is 52.1 Å². The summed E-state index contributed by atoms with van der Waals surface area (Å²) in [5.74, 6) is -1.02. The molecule has 4 aromatic rings. The van der Waals surface area contributed by atoms with Crippen LogP contribution in [0.3, 0.4) is 0 Å². The van der Waals surface area contributed by atoms with Gasteiger partial charge >= 0.3 is 5.97 Å². The number of carbonyl (C=O) groups excluding carboxylic acids is 2. The Bertz CT molecular complexity index is 1380. The fraction of sp³-hybridized carbons (Fsp3) is 0.261. The van der Waals surface area contributed by atoms with Crippen LogP contribution in [-0.2, 0) is 18.3 Å². The van der Waals surface area contributed by atoms with Gasteiger partial charge in [-0.1, -0.05) is 53.7 Å². The molecule has 34 heavy (non-hydrogen) atoms. The molecule has 1 aromatic carbocycles. The molecule has 1 N–H and O–H groups in total. The summed E-state index contributed by atoms with van der Waals surface area (Å²) >= 11 is 7.93. The molecule has 0 bridgehead atoms. The highest BCUT2D eigenvalue weighted by molar-refractivity contribution is 7.98. The third kappa shape index (κ3) is 4.38. The van der Waals surface area contributed by atoms with Gasteiger partial charge in [-0.15, -0.1) is 0 Å². The van der Waals surface area contributed by atoms with E-state index in [4.69, 9.17) is 16.3 Å². The van der Waals surface area contributed by atoms with E-state index in [1.54, 1.807) is 30.1 Å². The van der Waals surface area contributed by atoms with Crippen molar-refractivity contribution in [2.24, 2.45) is 7.05 Å². The smallest absolute Gasteiger partial charge is 0.358 e. The molecule has 0 aliphatic rings. The summed E-state index contributed by atoms with van der Waals surface area (Å²) < 4.78 is 8.62. The van der Waals surface area contributed by atoms with Gasteiger partial charge in [-0.05, 0) is 25.7 Å². The van der Waals surface area contributed by atoms with Gasteiger partial charge in [0.15, 0.2) is 22.3 Å². The number of carbonyl (C=O) groups is 2. The monoisotopic (exact) mass is 498 g/mol. The fourth-order valence-corrected chi connectivity index (χ4v) is 4.61. The number of halogens is 1. The Morgan fingerprint density at radius 3 is 2.65 bits per heavy atom. The van der Waals surface area contributed by atoms with Crippen molar-refractivity contribution in [2.45, 2.75) is 25.5 Å². The van der Waals surface area contributed by atoms with Crippen LogP contribution in [0.5, 0.6) is 0 Å². The van der Waals surface area contributed by atoms with Gasteiger partial charge in [0.2, 0.25) is 0 Å². The normalized spacial score (nSPS) is 11.1. The Morgan fingerprint density at radius 2 is 1.97 bits per heavy atom. The second-order valence-electron chi connectivity index (χ2n) is 7.44. The maximum atomic E-state index is 13.2. The lowest BCUT2D eigenvalue weighted by atomic mass is 10.2. The number of anilines is 1. The van der Waals surface area contributed by atoms with Gasteiger partial charge in [0.05, 0.1) is 34.8 Å². The van der Waals surface area contributed by atoms with Gasteiger partial charge in [0.25, 0.3) is 5.91 Å². The van der Waals surface area contributed by atoms with E-state index in [-0.39, 0.29) is 28.7 Å². The van der Waals surface area contributed by atoms with Crippen LogP contribution in [0, 0.1) is 6.92 Å². The maximum Gasteiger partial charge on any atom is 0.358 e. The maximum absolute atomic E-state index is 13.2. The Balaban J connectivity index is 1.76. The summed E-state index contributed by atoms with van der Waals surface area (Å²) in [4.78, 5) is 35.0. The van der Waals surface area contributed by atoms with Gasteiger partial charge in [-0.3, -0.25) is 9.48 Å². The first-order chi connectivity index (χ1) is 16.3. The van der Waals surface area contributed by atoms with Crippen LogP contribution in [-0.4, -0.2) is 49.1 Å². The van der Waals surface area contributed by atoms with Gasteiger partial charge in [-0.25, -0.2) is 14.8 Å². The number of rotatable bonds is 7. The lowest BCUT2D eigenvalue weighted by molar-refractivity contribution is 0.0514. The first kappa shape index (κ1) is 23.8. The first-order valence-electron chi connectivity index (χ1n) is 10.5. The highest BCUT2D eigenvalue weighted by Crippen LogP contribution is 2.30. The Kier molecular flexibility index (Phi) is 6.90. The molecule has 0 aliphatic heterocycles. The summed E-state index contributed by atoms with van der Waals surface area (Å²) in [5.41, 5.74) is 2.52. The van der Waals surface area contributed by atoms with Crippen LogP contribution in [0.15, 0.2) is 41.7 Å². The number of pyridine rings is 1. The van der Waals surface area contributed by atoms with E-state index >= 15 is 0 Å². The summed E-state index contributed by atoms with van der Waals surface area (Å²) in [6.07, 6.45) is 3.24. The van der Waals surface area contributed by atoms with Crippen LogP contribution in [0.4, 0.5) is 5.82 Å². The second-order valence-corrected chi connectivity index (χ2v) is 8.59. The molecule has 176 valence electrons. The van der Waals surface area contributed by atoms with E-state index in [2.05, 4.69) is 20.4 Å². The minimum Gasteiger partial charge on any atom is -0.461 e. The van der Waals surface area contributed by atoms with E-state index in [1.807, 2.05) is 36.6 Å². The molecular weight excluding hydrogens is 476 g/mol. The molecule has 9 nitrogen and oxygen atoms in total. The predicted molar refractivity (Wildman–Crippen MR) is 132 cm³/mol. The number of nitrogens with zero attached hydrogens (tertiary/aromatic N) is 5. The van der Waals surface area contributed by atoms with Crippen LogP contribution >= 0.6 is 23.4 Å². The standard InChI is InChI=1S/C23H23ClN6O3S/c1-5-33-22(32)18-19(27-23(34-4)30(18)12-14-9-7-6-8-10-14)26-21(31)15-11-25-20-16(17(15)24)13(2)28-29(20)3/h6-11H,5,12H2,1-4H3,(H,26,31). The minimum atomic E-state index is -0.579. The first-order valence-corrected chi connectivity index (χ1v) is 12.1. The minimum absolute atomic E-state index is 0.0998. The van der Waals surface area contributed by atoms with Crippen molar-refractivity contribution in [3.05, 3.63) is 64.1 Å². The lowest BCUT2D eigenvalue weighted by Gasteiger charge is -2.12. The number of aromatic nitrogens is 5. The number of thioether (sulfide) groups is 1. The van der Waals surface area contributed by atoms with Gasteiger partial charge in [-0.2, -0.15) is 5.10 Å². The van der Waals surface area contributed by atoms with E-state index in [9.17, 15) is 9.59 Å². The average molecular weight is 499 g/mol. The van der Waals surface area contributed by atoms with E-state index in [1.165, 1.54) is 18.0 Å². The Labute approximate surface area is 205 Å². The lowest BCUT2D eigenvalue weighted by Crippen LogP contribution is -2.19. The van der Waals surface area contributed by atoms with Crippen molar-refractivity contribution in [2.75, 3.05) is 18.2 Å². The highest BCUT2D eigenvalue weighted by Gasteiger charge is 2.27. The molecule has 0 radical (unpaired) electrons. The molecule has 3 aromatic heterocycles. The summed E-state index contributed by atoms with van der Waals surface area (Å²) in [6, 6.07) is 9.67. The average Bonchev–Trinajstić information content (AvgIpc) is 3.30. The second kappa shape index (κ2) is 9.86. The molecule has 0 unspecified atom stereocenters. The Morgan fingerprint density at radius 1 is 1.24 bits per heavy atom. The third-order valence-electron chi connectivity index (χ3n) is 5.21. The van der Waals surface area contributed by atoms with Crippen molar-refractivity contribution in [3.63, 3.8) is 0 Å². The number of benzene rings is 1. The third-order valence-corrected chi connectivity index (χ3v) is 6.28. The van der Waals surface area contributed by atoms with E-state index < -0.39 is 11.9 Å². The topological polar surface area (TPSA) is 104 Å². The SMILES string of the molecule is CCOC(=O)c1c(NC(=O)c2cnc3c(c(C)nn3C)c2Cl)nc(SC)n1Cc1ccccc1. The van der Waals surface area contributed by atoms with Crippen LogP contribution in [0.25, 0.3) is 11.0 Å². The quantitative estimate of drug-likeness (QED) is 0.299. The zero-order chi connectivity index (χ0) is 24.4. The zero-order valence-corrected chi connectivity index (χ0v) is 20.7. The Hall–Kier alpha value is -3.37. The molecule has 4 rings (SSSR count). The number of hydrogen-bond donors (Lipinski definition) is 1. The number of amides is 1. The van der Waals surface area contributed by atoms with Crippen molar-refractivity contribution in [3.8, 4) is 0 Å². The molecule has 0 spiro atoms. The van der Waals surface area contributed by atoms with Gasteiger partial charge < -0.3 is 14.6 Å². The zero-order valence-electron chi connectivity index (χ0n) is 19.1. The number of ether oxygens (including phenoxy) is 1. The molecular formula is C23H23ClN6O3S. The van der Waals surface area contributed by atoms with Crippen LogP contribution < -0.4 is 5.32 Å². The van der Waals surface area contributed by atoms with Crippen molar-refractivity contribution < 1.29 is 14.3 Å². The molecule has 11 heteroatoms. The predicted octanol–water partition coefficient (Wildman–Crippen LogP) is 4.33. The molecule has 0 fully saturated rings.